The molecule has 0 N–H and O–H groups in total. The summed E-state index contributed by atoms with van der Waals surface area (Å²) >= 11 is 1.67. The van der Waals surface area contributed by atoms with E-state index >= 15 is 0 Å². The summed E-state index contributed by atoms with van der Waals surface area (Å²) in [6.07, 6.45) is 1.58. The third-order valence-electron chi connectivity index (χ3n) is 3.65. The molecule has 0 aliphatic rings. The van der Waals surface area contributed by atoms with Gasteiger partial charge < -0.3 is 4.90 Å². The van der Waals surface area contributed by atoms with Gasteiger partial charge in [0.05, 0.1) is 16.6 Å². The minimum atomic E-state index is 0.636. The number of nitrogens with zero attached hydrogens (tertiary/aromatic N) is 4. The minimum Gasteiger partial charge on any atom is -0.328 e. The van der Waals surface area contributed by atoms with E-state index in [1.54, 1.807) is 17.7 Å². The lowest BCUT2D eigenvalue weighted by molar-refractivity contribution is 1.11. The van der Waals surface area contributed by atoms with Crippen molar-refractivity contribution in [3.63, 3.8) is 0 Å². The van der Waals surface area contributed by atoms with E-state index in [0.717, 1.165) is 21.7 Å². The molecular weight excluding hydrogens is 280 g/mol. The van der Waals surface area contributed by atoms with Gasteiger partial charge in [-0.05, 0) is 31.5 Å². The summed E-state index contributed by atoms with van der Waals surface area (Å²) in [7, 11) is 1.93. The number of hydrogen-bond acceptors (Lipinski definition) is 5. The highest BCUT2D eigenvalue weighted by Crippen LogP contribution is 2.36. The Morgan fingerprint density at radius 3 is 2.71 bits per heavy atom. The quantitative estimate of drug-likeness (QED) is 0.718. The van der Waals surface area contributed by atoms with Gasteiger partial charge in [0.2, 0.25) is 0 Å². The van der Waals surface area contributed by atoms with Crippen molar-refractivity contribution in [2.45, 2.75) is 13.8 Å². The van der Waals surface area contributed by atoms with Crippen molar-refractivity contribution in [2.75, 3.05) is 11.9 Å². The molecule has 21 heavy (non-hydrogen) atoms. The molecule has 2 aromatic heterocycles. The van der Waals surface area contributed by atoms with E-state index in [2.05, 4.69) is 29.9 Å². The predicted octanol–water partition coefficient (Wildman–Crippen LogP) is 3.95. The Labute approximate surface area is 127 Å². The van der Waals surface area contributed by atoms with Gasteiger partial charge in [-0.15, -0.1) is 11.3 Å². The van der Waals surface area contributed by atoms with Crippen LogP contribution in [0.3, 0.4) is 0 Å². The summed E-state index contributed by atoms with van der Waals surface area (Å²) in [5, 5.41) is 10.3. The third kappa shape index (κ3) is 2.14. The van der Waals surface area contributed by atoms with Crippen molar-refractivity contribution >= 4 is 33.1 Å². The van der Waals surface area contributed by atoms with Crippen molar-refractivity contribution in [2.24, 2.45) is 0 Å². The summed E-state index contributed by atoms with van der Waals surface area (Å²) in [5.74, 6) is 0.838. The van der Waals surface area contributed by atoms with Crippen molar-refractivity contribution in [1.82, 2.24) is 9.97 Å². The van der Waals surface area contributed by atoms with Gasteiger partial charge in [0.25, 0.3) is 0 Å². The van der Waals surface area contributed by atoms with Crippen LogP contribution in [0.2, 0.25) is 0 Å². The Balaban J connectivity index is 2.23. The second kappa shape index (κ2) is 5.15. The first-order valence-electron chi connectivity index (χ1n) is 6.57. The van der Waals surface area contributed by atoms with Crippen LogP contribution >= 0.6 is 11.3 Å². The standard InChI is InChI=1S/C16H14N4S/c1-10-11(2)21-16-14(10)15(18-9-19-16)20(3)13-7-5-4-6-12(13)8-17/h4-7,9H,1-3H3. The first kappa shape index (κ1) is 13.5. The second-order valence-corrected chi connectivity index (χ2v) is 6.05. The number of aryl methyl sites for hydroxylation is 2. The van der Waals surface area contributed by atoms with Crippen LogP contribution in [-0.2, 0) is 0 Å². The van der Waals surface area contributed by atoms with Gasteiger partial charge in [-0.3, -0.25) is 0 Å². The molecule has 1 aromatic carbocycles. The lowest BCUT2D eigenvalue weighted by Crippen LogP contribution is -2.13. The molecule has 0 bridgehead atoms. The summed E-state index contributed by atoms with van der Waals surface area (Å²) in [4.78, 5) is 13.0. The Kier molecular flexibility index (Phi) is 3.32. The summed E-state index contributed by atoms with van der Waals surface area (Å²) in [6.45, 7) is 4.18. The number of benzene rings is 1. The van der Waals surface area contributed by atoms with Crippen LogP contribution in [0.5, 0.6) is 0 Å². The van der Waals surface area contributed by atoms with E-state index in [4.69, 9.17) is 0 Å². The molecular formula is C16H14N4S. The number of thiophene rings is 1. The van der Waals surface area contributed by atoms with Crippen molar-refractivity contribution in [1.29, 1.82) is 5.26 Å². The second-order valence-electron chi connectivity index (χ2n) is 4.85. The minimum absolute atomic E-state index is 0.636. The lowest BCUT2D eigenvalue weighted by atomic mass is 10.1. The first-order chi connectivity index (χ1) is 10.1. The van der Waals surface area contributed by atoms with Gasteiger partial charge in [-0.1, -0.05) is 12.1 Å². The highest BCUT2D eigenvalue weighted by atomic mass is 32.1. The number of hydrogen-bond donors (Lipinski definition) is 0. The molecule has 0 saturated heterocycles. The van der Waals surface area contributed by atoms with Crippen LogP contribution in [0.4, 0.5) is 11.5 Å². The Bertz CT molecular complexity index is 860. The molecule has 104 valence electrons. The molecule has 3 rings (SSSR count). The van der Waals surface area contributed by atoms with Gasteiger partial charge >= 0.3 is 0 Å². The molecule has 5 heteroatoms. The average Bonchev–Trinajstić information content (AvgIpc) is 2.81. The fourth-order valence-corrected chi connectivity index (χ4v) is 3.38. The number of anilines is 2. The van der Waals surface area contributed by atoms with Crippen LogP contribution in [0, 0.1) is 25.2 Å². The third-order valence-corrected chi connectivity index (χ3v) is 4.76. The Morgan fingerprint density at radius 1 is 1.19 bits per heavy atom. The molecule has 0 aliphatic carbocycles. The fourth-order valence-electron chi connectivity index (χ4n) is 2.39. The van der Waals surface area contributed by atoms with Crippen LogP contribution in [0.1, 0.15) is 16.0 Å². The number of rotatable bonds is 2. The van der Waals surface area contributed by atoms with Gasteiger partial charge in [-0.2, -0.15) is 5.26 Å². The van der Waals surface area contributed by atoms with Crippen LogP contribution in [0.25, 0.3) is 10.2 Å². The largest absolute Gasteiger partial charge is 0.328 e. The summed E-state index contributed by atoms with van der Waals surface area (Å²) in [5.41, 5.74) is 2.69. The monoisotopic (exact) mass is 294 g/mol. The van der Waals surface area contributed by atoms with Gasteiger partial charge in [-0.25, -0.2) is 9.97 Å². The van der Waals surface area contributed by atoms with Gasteiger partial charge in [0.15, 0.2) is 0 Å². The van der Waals surface area contributed by atoms with Crippen molar-refractivity contribution < 1.29 is 0 Å². The zero-order valence-electron chi connectivity index (χ0n) is 12.1. The van der Waals surface area contributed by atoms with Gasteiger partial charge in [0.1, 0.15) is 23.0 Å². The smallest absolute Gasteiger partial charge is 0.145 e. The van der Waals surface area contributed by atoms with Crippen LogP contribution < -0.4 is 4.90 Å². The lowest BCUT2D eigenvalue weighted by Gasteiger charge is -2.20. The molecule has 0 fully saturated rings. The highest BCUT2D eigenvalue weighted by molar-refractivity contribution is 7.18. The molecule has 0 spiro atoms. The maximum Gasteiger partial charge on any atom is 0.145 e. The normalized spacial score (nSPS) is 10.6. The molecule has 4 nitrogen and oxygen atoms in total. The zero-order chi connectivity index (χ0) is 15.0. The van der Waals surface area contributed by atoms with Crippen LogP contribution in [-0.4, -0.2) is 17.0 Å². The maximum atomic E-state index is 9.28. The Hall–Kier alpha value is -2.45. The molecule has 2 heterocycles. The fraction of sp³-hybridized carbons (Fsp3) is 0.188. The molecule has 3 aromatic rings. The van der Waals surface area contributed by atoms with E-state index in [1.165, 1.54) is 10.4 Å². The molecule has 0 radical (unpaired) electrons. The van der Waals surface area contributed by atoms with E-state index < -0.39 is 0 Å². The number of fused-ring (bicyclic) bond motifs is 1. The number of para-hydroxylation sites is 1. The molecule has 0 amide bonds. The maximum absolute atomic E-state index is 9.28. The molecule has 0 atom stereocenters. The van der Waals surface area contributed by atoms with E-state index in [-0.39, 0.29) is 0 Å². The van der Waals surface area contributed by atoms with E-state index in [1.807, 2.05) is 36.2 Å². The topological polar surface area (TPSA) is 52.8 Å². The molecule has 0 unspecified atom stereocenters. The summed E-state index contributed by atoms with van der Waals surface area (Å²) < 4.78 is 0. The van der Waals surface area contributed by atoms with E-state index in [9.17, 15) is 5.26 Å². The first-order valence-corrected chi connectivity index (χ1v) is 7.38. The number of nitriles is 1. The van der Waals surface area contributed by atoms with Gasteiger partial charge in [0, 0.05) is 11.9 Å². The van der Waals surface area contributed by atoms with Crippen molar-refractivity contribution in [3.05, 3.63) is 46.6 Å². The molecule has 0 aliphatic heterocycles. The highest BCUT2D eigenvalue weighted by Gasteiger charge is 2.17. The molecule has 0 saturated carbocycles. The predicted molar refractivity (Wildman–Crippen MR) is 86.1 cm³/mol. The van der Waals surface area contributed by atoms with E-state index in [0.29, 0.717) is 5.56 Å². The van der Waals surface area contributed by atoms with Crippen molar-refractivity contribution in [3.8, 4) is 6.07 Å². The summed E-state index contributed by atoms with van der Waals surface area (Å²) in [6, 6.07) is 9.77. The zero-order valence-corrected chi connectivity index (χ0v) is 12.9. The average molecular weight is 294 g/mol. The Morgan fingerprint density at radius 2 is 1.95 bits per heavy atom. The number of aromatic nitrogens is 2. The SMILES string of the molecule is Cc1sc2ncnc(N(C)c3ccccc3C#N)c2c1C. The van der Waals surface area contributed by atoms with Crippen LogP contribution in [0.15, 0.2) is 30.6 Å².